The van der Waals surface area contributed by atoms with Crippen LogP contribution >= 0.6 is 34.8 Å². The molecular formula is C54H63Cl3F2N10O6. The number of anilines is 4. The average molecular weight is 1090 g/mol. The van der Waals surface area contributed by atoms with Crippen LogP contribution in [0.2, 0.25) is 10.0 Å². The topological polar surface area (TPSA) is 168 Å². The van der Waals surface area contributed by atoms with Crippen LogP contribution in [0.3, 0.4) is 0 Å². The number of rotatable bonds is 15. The van der Waals surface area contributed by atoms with Gasteiger partial charge in [-0.15, -0.1) is 11.6 Å². The van der Waals surface area contributed by atoms with Crippen LogP contribution < -0.4 is 34.9 Å². The first-order valence-corrected chi connectivity index (χ1v) is 26.7. The second-order valence-corrected chi connectivity index (χ2v) is 20.0. The summed E-state index contributed by atoms with van der Waals surface area (Å²) < 4.78 is 52.0. The van der Waals surface area contributed by atoms with Crippen molar-refractivity contribution in [3.63, 3.8) is 0 Å². The fraction of sp³-hybridized carbons (Fsp3) is 0.444. The molecule has 0 bridgehead atoms. The SMILES string of the molecule is C1CCNC1.COc1cc2c(Nc3ccc(Cl)cc3F)ncnc2cc1OCC1CCN(C(=O)CCl)CC1.COc1cc2c(Nc3ccc(Cl)cc3F)ncnc2cc1OCC1CCN(C(=O)CN2CCCC2)CC1. The summed E-state index contributed by atoms with van der Waals surface area (Å²) in [4.78, 5) is 47.6. The third-order valence-corrected chi connectivity index (χ3v) is 14.4. The number of hydrogen-bond acceptors (Lipinski definition) is 14. The molecule has 16 nitrogen and oxygen atoms in total. The maximum atomic E-state index is 14.3. The molecule has 2 amide bonds. The fourth-order valence-corrected chi connectivity index (χ4v) is 9.85. The number of likely N-dealkylation sites (tertiary alicyclic amines) is 3. The van der Waals surface area contributed by atoms with Crippen molar-refractivity contribution >= 4 is 91.4 Å². The lowest BCUT2D eigenvalue weighted by Gasteiger charge is -2.33. The Bertz CT molecular complexity index is 2880. The van der Waals surface area contributed by atoms with Crippen molar-refractivity contribution in [1.82, 2.24) is 40.0 Å². The highest BCUT2D eigenvalue weighted by Gasteiger charge is 2.27. The van der Waals surface area contributed by atoms with E-state index in [1.165, 1.54) is 63.6 Å². The minimum atomic E-state index is -0.486. The molecule has 0 atom stereocenters. The van der Waals surface area contributed by atoms with Crippen LogP contribution in [0.5, 0.6) is 23.0 Å². The molecule has 4 saturated heterocycles. The Kier molecular flexibility index (Phi) is 20.0. The monoisotopic (exact) mass is 1090 g/mol. The summed E-state index contributed by atoms with van der Waals surface area (Å²) in [6.07, 6.45) is 11.5. The van der Waals surface area contributed by atoms with Gasteiger partial charge in [0.2, 0.25) is 11.8 Å². The number of nitrogens with one attached hydrogen (secondary N) is 3. The molecule has 3 N–H and O–H groups in total. The van der Waals surface area contributed by atoms with Crippen molar-refractivity contribution in [2.45, 2.75) is 51.4 Å². The minimum Gasteiger partial charge on any atom is -0.493 e. The van der Waals surface area contributed by atoms with Gasteiger partial charge in [0, 0.05) is 59.1 Å². The number of benzene rings is 4. The van der Waals surface area contributed by atoms with Gasteiger partial charge in [-0.05, 0) is 138 Å². The zero-order valence-electron chi connectivity index (χ0n) is 42.2. The predicted molar refractivity (Wildman–Crippen MR) is 290 cm³/mol. The van der Waals surface area contributed by atoms with E-state index in [1.54, 1.807) is 61.6 Å². The average Bonchev–Trinajstić information content (AvgIpc) is 4.20. The Labute approximate surface area is 450 Å². The first-order chi connectivity index (χ1) is 36.5. The highest BCUT2D eigenvalue weighted by atomic mass is 35.5. The zero-order valence-corrected chi connectivity index (χ0v) is 44.5. The van der Waals surface area contributed by atoms with Crippen LogP contribution in [0.1, 0.15) is 51.4 Å². The minimum absolute atomic E-state index is 0.0127. The van der Waals surface area contributed by atoms with E-state index in [-0.39, 0.29) is 29.1 Å². The molecule has 75 heavy (non-hydrogen) atoms. The van der Waals surface area contributed by atoms with Gasteiger partial charge in [0.25, 0.3) is 0 Å². The Morgan fingerprint density at radius 1 is 0.613 bits per heavy atom. The van der Waals surface area contributed by atoms with Crippen LogP contribution in [0.4, 0.5) is 31.8 Å². The van der Waals surface area contributed by atoms with Gasteiger partial charge in [-0.3, -0.25) is 14.5 Å². The molecule has 0 saturated carbocycles. The molecule has 400 valence electrons. The van der Waals surface area contributed by atoms with Crippen molar-refractivity contribution in [1.29, 1.82) is 0 Å². The molecule has 0 spiro atoms. The fourth-order valence-electron chi connectivity index (χ4n) is 9.36. The number of aromatic nitrogens is 4. The Balaban J connectivity index is 0.000000183. The number of ether oxygens (including phenoxy) is 4. The smallest absolute Gasteiger partial charge is 0.237 e. The lowest BCUT2D eigenvalue weighted by molar-refractivity contribution is -0.133. The number of methoxy groups -OCH3 is 2. The van der Waals surface area contributed by atoms with Gasteiger partial charge in [-0.1, -0.05) is 23.2 Å². The molecule has 0 aliphatic carbocycles. The Morgan fingerprint density at radius 2 is 1.07 bits per heavy atom. The number of amides is 2. The first kappa shape index (κ1) is 55.2. The van der Waals surface area contributed by atoms with Crippen molar-refractivity contribution in [2.24, 2.45) is 11.8 Å². The van der Waals surface area contributed by atoms with Gasteiger partial charge in [-0.25, -0.2) is 28.7 Å². The van der Waals surface area contributed by atoms with E-state index >= 15 is 0 Å². The van der Waals surface area contributed by atoms with Crippen LogP contribution in [-0.2, 0) is 9.59 Å². The molecule has 4 fully saturated rings. The van der Waals surface area contributed by atoms with Crippen molar-refractivity contribution in [3.05, 3.63) is 95.0 Å². The third-order valence-electron chi connectivity index (χ3n) is 13.7. The quantitative estimate of drug-likeness (QED) is 0.0831. The summed E-state index contributed by atoms with van der Waals surface area (Å²) in [7, 11) is 3.13. The molecule has 4 aromatic carbocycles. The molecule has 4 aliphatic heterocycles. The van der Waals surface area contributed by atoms with Gasteiger partial charge in [0.1, 0.15) is 41.8 Å². The van der Waals surface area contributed by atoms with E-state index in [1.807, 2.05) is 11.0 Å². The molecular weight excluding hydrogens is 1030 g/mol. The molecule has 4 aliphatic rings. The van der Waals surface area contributed by atoms with Gasteiger partial charge < -0.3 is 44.7 Å². The number of nitrogens with zero attached hydrogens (tertiary/aromatic N) is 7. The van der Waals surface area contributed by atoms with E-state index < -0.39 is 11.6 Å². The molecule has 0 radical (unpaired) electrons. The maximum Gasteiger partial charge on any atom is 0.237 e. The third kappa shape index (κ3) is 15.1. The summed E-state index contributed by atoms with van der Waals surface area (Å²) in [5, 5.41) is 11.2. The lowest BCUT2D eigenvalue weighted by Crippen LogP contribution is -2.44. The van der Waals surface area contributed by atoms with Gasteiger partial charge in [0.05, 0.1) is 56.4 Å². The van der Waals surface area contributed by atoms with Crippen LogP contribution in [0.15, 0.2) is 73.3 Å². The lowest BCUT2D eigenvalue weighted by atomic mass is 9.97. The molecule has 21 heteroatoms. The van der Waals surface area contributed by atoms with E-state index in [4.69, 9.17) is 53.8 Å². The standard InChI is InChI=1S/C27H31ClFN5O3.C23H23Cl2FN4O3.C4H9N/c1-36-24-13-20-23(30-17-31-27(20)32-22-5-4-19(28)12-21(22)29)14-25(24)37-16-18-6-10-34(11-7-18)26(35)15-33-8-2-3-9-33;1-32-20-9-16-19(27-13-28-23(16)29-18-3-2-15(25)8-17(18)26)10-21(20)33-12-14-4-6-30(7-5-14)22(31)11-24;1-2-4-5-3-1/h4-5,12-14,17-18H,2-3,6-11,15-16H2,1H3,(H,30,31,32);2-3,8-10,13-14H,4-7,11-12H2,1H3,(H,27,28,29);5H,1-4H2. The summed E-state index contributed by atoms with van der Waals surface area (Å²) in [5.41, 5.74) is 1.77. The second-order valence-electron chi connectivity index (χ2n) is 18.8. The Morgan fingerprint density at radius 3 is 1.47 bits per heavy atom. The summed E-state index contributed by atoms with van der Waals surface area (Å²) in [6.45, 7) is 9.01. The number of halogens is 5. The molecule has 10 rings (SSSR count). The summed E-state index contributed by atoms with van der Waals surface area (Å²) in [6, 6.07) is 15.9. The number of carbonyl (C=O) groups excluding carboxylic acids is 2. The van der Waals surface area contributed by atoms with Gasteiger partial charge in [0.15, 0.2) is 23.0 Å². The molecule has 0 unspecified atom stereocenters. The van der Waals surface area contributed by atoms with Crippen molar-refractivity contribution in [3.8, 4) is 23.0 Å². The highest BCUT2D eigenvalue weighted by molar-refractivity contribution is 6.31. The molecule has 6 heterocycles. The Hall–Kier alpha value is -6.05. The van der Waals surface area contributed by atoms with Crippen molar-refractivity contribution < 1.29 is 37.3 Å². The van der Waals surface area contributed by atoms with E-state index in [0.29, 0.717) is 111 Å². The largest absolute Gasteiger partial charge is 0.493 e. The molecule has 6 aromatic rings. The number of alkyl halides is 1. The summed E-state index contributed by atoms with van der Waals surface area (Å²) >= 11 is 17.4. The number of carbonyl (C=O) groups is 2. The normalized spacial score (nSPS) is 16.2. The van der Waals surface area contributed by atoms with Crippen LogP contribution in [-0.4, -0.2) is 139 Å². The van der Waals surface area contributed by atoms with E-state index in [0.717, 1.165) is 51.9 Å². The number of fused-ring (bicyclic) bond motifs is 2. The van der Waals surface area contributed by atoms with Crippen molar-refractivity contribution in [2.75, 3.05) is 103 Å². The molecule has 2 aromatic heterocycles. The van der Waals surface area contributed by atoms with Gasteiger partial charge >= 0.3 is 0 Å². The highest BCUT2D eigenvalue weighted by Crippen LogP contribution is 2.38. The van der Waals surface area contributed by atoms with E-state index in [9.17, 15) is 18.4 Å². The summed E-state index contributed by atoms with van der Waals surface area (Å²) in [5.74, 6) is 3.02. The zero-order chi connectivity index (χ0) is 52.7. The number of hydrogen-bond donors (Lipinski definition) is 3. The van der Waals surface area contributed by atoms with Crippen LogP contribution in [0, 0.1) is 23.5 Å². The van der Waals surface area contributed by atoms with Gasteiger partial charge in [-0.2, -0.15) is 0 Å². The van der Waals surface area contributed by atoms with Crippen LogP contribution in [0.25, 0.3) is 21.8 Å². The predicted octanol–water partition coefficient (Wildman–Crippen LogP) is 10.3. The second kappa shape index (κ2) is 27.1. The first-order valence-electron chi connectivity index (χ1n) is 25.4. The number of piperidine rings is 2. The van der Waals surface area contributed by atoms with E-state index in [2.05, 4.69) is 40.8 Å². The maximum absolute atomic E-state index is 14.3.